The standard InChI is InChI=1S/C21H26FIO2/c1-12-9-13-10-18(24)17(22)11-15(13)14-3-5-20(2)16(19(12)14)4-6-21(20,25)7-8-23/h7-8,10-12,14,16,19,24-25H,3-6,9H2,1-2H3/b8-7-/t12-,14-,16+,19-,20+,21-/m1/s1. The fraction of sp³-hybridized carbons (Fsp3) is 0.619. The Morgan fingerprint density at radius 3 is 2.76 bits per heavy atom. The first kappa shape index (κ1) is 17.8. The summed E-state index contributed by atoms with van der Waals surface area (Å²) in [6, 6.07) is 3.21. The molecule has 136 valence electrons. The highest BCUT2D eigenvalue weighted by Gasteiger charge is 2.61. The molecule has 0 heterocycles. The van der Waals surface area contributed by atoms with E-state index < -0.39 is 11.4 Å². The van der Waals surface area contributed by atoms with Crippen LogP contribution in [0, 0.1) is 29.0 Å². The summed E-state index contributed by atoms with van der Waals surface area (Å²) in [4.78, 5) is 0. The van der Waals surface area contributed by atoms with Gasteiger partial charge in [0.1, 0.15) is 0 Å². The highest BCUT2D eigenvalue weighted by atomic mass is 127. The number of hydrogen-bond acceptors (Lipinski definition) is 2. The van der Waals surface area contributed by atoms with Gasteiger partial charge in [-0.2, -0.15) is 0 Å². The van der Waals surface area contributed by atoms with Gasteiger partial charge < -0.3 is 10.2 Å². The fourth-order valence-electron chi connectivity index (χ4n) is 6.41. The lowest BCUT2D eigenvalue weighted by atomic mass is 9.51. The third-order valence-corrected chi connectivity index (χ3v) is 8.05. The van der Waals surface area contributed by atoms with Gasteiger partial charge in [-0.3, -0.25) is 0 Å². The minimum absolute atomic E-state index is 0.100. The molecule has 0 amide bonds. The molecule has 0 spiro atoms. The molecule has 0 aliphatic heterocycles. The van der Waals surface area contributed by atoms with Crippen molar-refractivity contribution in [2.45, 2.75) is 57.5 Å². The van der Waals surface area contributed by atoms with Crippen LogP contribution in [0.25, 0.3) is 0 Å². The SMILES string of the molecule is C[C@@H]1Cc2cc(O)c(F)cc2[C@H]2CC[C@@]3(C)[C@@H](CC[C@@]3(O)/C=C\I)[C@H]12. The van der Waals surface area contributed by atoms with Crippen LogP contribution in [0.15, 0.2) is 22.3 Å². The molecule has 0 aromatic heterocycles. The van der Waals surface area contributed by atoms with Crippen LogP contribution in [0.3, 0.4) is 0 Å². The van der Waals surface area contributed by atoms with E-state index in [0.29, 0.717) is 23.7 Å². The first-order valence-electron chi connectivity index (χ1n) is 9.32. The monoisotopic (exact) mass is 456 g/mol. The molecule has 0 saturated heterocycles. The number of phenols is 1. The third-order valence-electron chi connectivity index (χ3n) is 7.69. The largest absolute Gasteiger partial charge is 0.505 e. The second-order valence-electron chi connectivity index (χ2n) is 8.69. The maximum absolute atomic E-state index is 14.0. The summed E-state index contributed by atoms with van der Waals surface area (Å²) in [5.41, 5.74) is 1.39. The maximum atomic E-state index is 14.0. The maximum Gasteiger partial charge on any atom is 0.165 e. The Morgan fingerprint density at radius 1 is 1.28 bits per heavy atom. The molecule has 25 heavy (non-hydrogen) atoms. The summed E-state index contributed by atoms with van der Waals surface area (Å²) in [6.45, 7) is 4.55. The van der Waals surface area contributed by atoms with E-state index >= 15 is 0 Å². The molecule has 2 saturated carbocycles. The van der Waals surface area contributed by atoms with Crippen molar-refractivity contribution in [2.75, 3.05) is 0 Å². The zero-order valence-electron chi connectivity index (χ0n) is 14.8. The Morgan fingerprint density at radius 2 is 2.04 bits per heavy atom. The molecule has 1 aromatic rings. The van der Waals surface area contributed by atoms with Gasteiger partial charge in [0, 0.05) is 5.41 Å². The third kappa shape index (κ3) is 2.43. The number of halogens is 2. The van der Waals surface area contributed by atoms with Gasteiger partial charge in [0.05, 0.1) is 5.60 Å². The molecule has 3 aliphatic carbocycles. The Kier molecular flexibility index (Phi) is 4.23. The van der Waals surface area contributed by atoms with E-state index in [9.17, 15) is 14.6 Å². The van der Waals surface area contributed by atoms with Crippen LogP contribution in [-0.2, 0) is 6.42 Å². The minimum atomic E-state index is -0.718. The number of phenolic OH excluding ortho intramolecular Hbond substituents is 1. The van der Waals surface area contributed by atoms with Crippen LogP contribution in [-0.4, -0.2) is 15.8 Å². The summed E-state index contributed by atoms with van der Waals surface area (Å²) in [5, 5.41) is 21.1. The van der Waals surface area contributed by atoms with Gasteiger partial charge in [-0.05, 0) is 89.2 Å². The summed E-state index contributed by atoms with van der Waals surface area (Å²) in [6.07, 6.45) is 6.68. The van der Waals surface area contributed by atoms with Crippen LogP contribution in [0.2, 0.25) is 0 Å². The Bertz CT molecular complexity index is 733. The van der Waals surface area contributed by atoms with Crippen molar-refractivity contribution in [1.82, 2.24) is 0 Å². The summed E-state index contributed by atoms with van der Waals surface area (Å²) in [7, 11) is 0. The first-order valence-corrected chi connectivity index (χ1v) is 10.6. The lowest BCUT2D eigenvalue weighted by Crippen LogP contribution is -2.51. The summed E-state index contributed by atoms with van der Waals surface area (Å²) < 4.78 is 16.0. The van der Waals surface area contributed by atoms with Gasteiger partial charge in [-0.15, -0.1) is 0 Å². The molecule has 3 aliphatic rings. The van der Waals surface area contributed by atoms with Crippen molar-refractivity contribution in [3.63, 3.8) is 0 Å². The van der Waals surface area contributed by atoms with E-state index in [1.807, 2.05) is 10.2 Å². The van der Waals surface area contributed by atoms with E-state index in [4.69, 9.17) is 0 Å². The van der Waals surface area contributed by atoms with E-state index in [1.165, 1.54) is 0 Å². The zero-order chi connectivity index (χ0) is 18.0. The average Bonchev–Trinajstić information content (AvgIpc) is 2.81. The van der Waals surface area contributed by atoms with Gasteiger partial charge in [-0.25, -0.2) is 4.39 Å². The van der Waals surface area contributed by atoms with Crippen LogP contribution in [0.5, 0.6) is 5.75 Å². The van der Waals surface area contributed by atoms with Crippen molar-refractivity contribution in [3.05, 3.63) is 39.2 Å². The molecule has 2 N–H and O–H groups in total. The molecule has 2 nitrogen and oxygen atoms in total. The van der Waals surface area contributed by atoms with Gasteiger partial charge in [-0.1, -0.05) is 36.4 Å². The van der Waals surface area contributed by atoms with Crippen molar-refractivity contribution >= 4 is 22.6 Å². The highest BCUT2D eigenvalue weighted by molar-refractivity contribution is 14.1. The molecule has 1 aromatic carbocycles. The second kappa shape index (κ2) is 5.95. The number of benzene rings is 1. The number of hydrogen-bond donors (Lipinski definition) is 2. The van der Waals surface area contributed by atoms with E-state index in [-0.39, 0.29) is 11.2 Å². The number of rotatable bonds is 1. The second-order valence-corrected chi connectivity index (χ2v) is 9.41. The summed E-state index contributed by atoms with van der Waals surface area (Å²) >= 11 is 2.20. The van der Waals surface area contributed by atoms with Gasteiger partial charge in [0.2, 0.25) is 0 Å². The topological polar surface area (TPSA) is 40.5 Å². The average molecular weight is 456 g/mol. The molecule has 4 rings (SSSR count). The number of fused-ring (bicyclic) bond motifs is 5. The first-order chi connectivity index (χ1) is 11.8. The molecule has 6 atom stereocenters. The van der Waals surface area contributed by atoms with Crippen LogP contribution >= 0.6 is 22.6 Å². The van der Waals surface area contributed by atoms with Crippen molar-refractivity contribution in [3.8, 4) is 5.75 Å². The Labute approximate surface area is 162 Å². The zero-order valence-corrected chi connectivity index (χ0v) is 17.0. The Hall–Kier alpha value is -0.620. The van der Waals surface area contributed by atoms with Crippen LogP contribution < -0.4 is 0 Å². The van der Waals surface area contributed by atoms with Gasteiger partial charge in [0.25, 0.3) is 0 Å². The number of aliphatic hydroxyl groups is 1. The lowest BCUT2D eigenvalue weighted by molar-refractivity contribution is -0.0790. The molecule has 2 fully saturated rings. The summed E-state index contributed by atoms with van der Waals surface area (Å²) in [5.74, 6) is 1.04. The highest BCUT2D eigenvalue weighted by Crippen LogP contribution is 2.65. The van der Waals surface area contributed by atoms with Crippen molar-refractivity contribution in [2.24, 2.45) is 23.2 Å². The van der Waals surface area contributed by atoms with Crippen molar-refractivity contribution in [1.29, 1.82) is 0 Å². The normalized spacial score (nSPS) is 42.9. The van der Waals surface area contributed by atoms with Crippen LogP contribution in [0.4, 0.5) is 4.39 Å². The fourth-order valence-corrected chi connectivity index (χ4v) is 7.00. The van der Waals surface area contributed by atoms with Gasteiger partial charge >= 0.3 is 0 Å². The molecule has 0 unspecified atom stereocenters. The van der Waals surface area contributed by atoms with E-state index in [0.717, 1.165) is 43.2 Å². The van der Waals surface area contributed by atoms with E-state index in [2.05, 4.69) is 36.4 Å². The van der Waals surface area contributed by atoms with Gasteiger partial charge in [0.15, 0.2) is 11.6 Å². The van der Waals surface area contributed by atoms with E-state index in [1.54, 1.807) is 12.1 Å². The smallest absolute Gasteiger partial charge is 0.165 e. The predicted molar refractivity (Wildman–Crippen MR) is 105 cm³/mol. The predicted octanol–water partition coefficient (Wildman–Crippen LogP) is 5.31. The van der Waals surface area contributed by atoms with Crippen LogP contribution in [0.1, 0.15) is 56.6 Å². The minimum Gasteiger partial charge on any atom is -0.505 e. The molecule has 4 heteroatoms. The number of aromatic hydroxyl groups is 1. The Balaban J connectivity index is 1.76. The van der Waals surface area contributed by atoms with Crippen molar-refractivity contribution < 1.29 is 14.6 Å². The molecule has 0 radical (unpaired) electrons. The molecule has 0 bridgehead atoms. The molecular formula is C21H26FIO2. The quantitative estimate of drug-likeness (QED) is 0.563. The lowest BCUT2D eigenvalue weighted by Gasteiger charge is -2.54. The molecular weight excluding hydrogens is 430 g/mol.